The first-order chi connectivity index (χ1) is 8.11. The SMILES string of the molecule is CNC1CCN(c2ccc(I)c(Br)c2)C(C)C1. The maximum absolute atomic E-state index is 3.61. The van der Waals surface area contributed by atoms with Crippen molar-refractivity contribution in [3.05, 3.63) is 26.2 Å². The fourth-order valence-corrected chi connectivity index (χ4v) is 3.18. The fourth-order valence-electron chi connectivity index (χ4n) is 2.48. The molecule has 1 saturated heterocycles. The van der Waals surface area contributed by atoms with E-state index in [0.29, 0.717) is 12.1 Å². The Morgan fingerprint density at radius 1 is 1.47 bits per heavy atom. The second kappa shape index (κ2) is 5.89. The maximum Gasteiger partial charge on any atom is 0.0380 e. The lowest BCUT2D eigenvalue weighted by molar-refractivity contribution is 0.387. The standard InChI is InChI=1S/C13H18BrIN2/c1-9-7-10(16-2)5-6-17(9)11-3-4-13(15)12(14)8-11/h3-4,8-10,16H,5-7H2,1-2H3. The summed E-state index contributed by atoms with van der Waals surface area (Å²) in [6, 6.07) is 7.92. The van der Waals surface area contributed by atoms with Gasteiger partial charge in [-0.25, -0.2) is 0 Å². The minimum Gasteiger partial charge on any atom is -0.369 e. The predicted octanol–water partition coefficient (Wildman–Crippen LogP) is 3.63. The molecule has 0 saturated carbocycles. The van der Waals surface area contributed by atoms with Crippen LogP contribution < -0.4 is 10.2 Å². The summed E-state index contributed by atoms with van der Waals surface area (Å²) < 4.78 is 2.46. The number of piperidine rings is 1. The molecule has 2 nitrogen and oxygen atoms in total. The molecule has 0 aromatic heterocycles. The molecule has 1 aliphatic rings. The lowest BCUT2D eigenvalue weighted by atomic mass is 9.98. The summed E-state index contributed by atoms with van der Waals surface area (Å²) in [4.78, 5) is 2.51. The Kier molecular flexibility index (Phi) is 4.72. The van der Waals surface area contributed by atoms with Crippen LogP contribution in [0.5, 0.6) is 0 Å². The molecule has 17 heavy (non-hydrogen) atoms. The molecule has 1 aromatic rings. The molecule has 1 aliphatic heterocycles. The number of nitrogens with zero attached hydrogens (tertiary/aromatic N) is 1. The van der Waals surface area contributed by atoms with Crippen LogP contribution in [0.4, 0.5) is 5.69 Å². The van der Waals surface area contributed by atoms with E-state index in [-0.39, 0.29) is 0 Å². The Labute approximate surface area is 125 Å². The van der Waals surface area contributed by atoms with Crippen LogP contribution in [0.2, 0.25) is 0 Å². The molecule has 2 rings (SSSR count). The molecule has 0 aliphatic carbocycles. The van der Waals surface area contributed by atoms with E-state index in [1.54, 1.807) is 0 Å². The first-order valence-electron chi connectivity index (χ1n) is 6.00. The summed E-state index contributed by atoms with van der Waals surface area (Å²) in [6.45, 7) is 3.45. The monoisotopic (exact) mass is 408 g/mol. The van der Waals surface area contributed by atoms with Crippen molar-refractivity contribution in [3.63, 3.8) is 0 Å². The van der Waals surface area contributed by atoms with E-state index in [1.807, 2.05) is 0 Å². The highest BCUT2D eigenvalue weighted by molar-refractivity contribution is 14.1. The molecule has 94 valence electrons. The van der Waals surface area contributed by atoms with Gasteiger partial charge in [-0.15, -0.1) is 0 Å². The Morgan fingerprint density at radius 2 is 2.24 bits per heavy atom. The molecule has 0 spiro atoms. The van der Waals surface area contributed by atoms with Crippen molar-refractivity contribution in [1.82, 2.24) is 5.32 Å². The van der Waals surface area contributed by atoms with Gasteiger partial charge in [0.05, 0.1) is 0 Å². The van der Waals surface area contributed by atoms with Crippen molar-refractivity contribution in [2.24, 2.45) is 0 Å². The van der Waals surface area contributed by atoms with E-state index >= 15 is 0 Å². The molecule has 1 aromatic carbocycles. The summed E-state index contributed by atoms with van der Waals surface area (Å²) in [6.07, 6.45) is 2.45. The van der Waals surface area contributed by atoms with Crippen LogP contribution in [0.3, 0.4) is 0 Å². The molecule has 0 radical (unpaired) electrons. The first kappa shape index (κ1) is 13.6. The summed E-state index contributed by atoms with van der Waals surface area (Å²) in [7, 11) is 2.06. The Hall–Kier alpha value is 0.190. The van der Waals surface area contributed by atoms with Gasteiger partial charge in [0.1, 0.15) is 0 Å². The molecule has 0 bridgehead atoms. The Balaban J connectivity index is 2.14. The highest BCUT2D eigenvalue weighted by Gasteiger charge is 2.24. The van der Waals surface area contributed by atoms with Gasteiger partial charge in [-0.2, -0.15) is 0 Å². The summed E-state index contributed by atoms with van der Waals surface area (Å²) in [5.41, 5.74) is 1.33. The molecule has 1 heterocycles. The van der Waals surface area contributed by atoms with Crippen molar-refractivity contribution >= 4 is 44.2 Å². The normalized spacial score (nSPS) is 25.1. The second-order valence-corrected chi connectivity index (χ2v) is 6.67. The van der Waals surface area contributed by atoms with E-state index < -0.39 is 0 Å². The third-order valence-electron chi connectivity index (χ3n) is 3.52. The number of anilines is 1. The van der Waals surface area contributed by atoms with Crippen LogP contribution in [0.15, 0.2) is 22.7 Å². The van der Waals surface area contributed by atoms with Crippen molar-refractivity contribution < 1.29 is 0 Å². The van der Waals surface area contributed by atoms with Gasteiger partial charge in [0.15, 0.2) is 0 Å². The number of hydrogen-bond donors (Lipinski definition) is 1. The number of nitrogens with one attached hydrogen (secondary N) is 1. The van der Waals surface area contributed by atoms with Crippen molar-refractivity contribution in [2.45, 2.75) is 31.8 Å². The van der Waals surface area contributed by atoms with Crippen LogP contribution in [-0.4, -0.2) is 25.7 Å². The highest BCUT2D eigenvalue weighted by atomic mass is 127. The van der Waals surface area contributed by atoms with Gasteiger partial charge in [0.25, 0.3) is 0 Å². The number of halogens is 2. The summed E-state index contributed by atoms with van der Waals surface area (Å²) >= 11 is 5.96. The minimum atomic E-state index is 0.605. The van der Waals surface area contributed by atoms with Crippen molar-refractivity contribution in [3.8, 4) is 0 Å². The lowest BCUT2D eigenvalue weighted by Crippen LogP contribution is -2.46. The van der Waals surface area contributed by atoms with Gasteiger partial charge in [-0.3, -0.25) is 0 Å². The third kappa shape index (κ3) is 3.15. The average molecular weight is 409 g/mol. The lowest BCUT2D eigenvalue weighted by Gasteiger charge is -2.39. The van der Waals surface area contributed by atoms with Crippen LogP contribution in [0.25, 0.3) is 0 Å². The van der Waals surface area contributed by atoms with Gasteiger partial charge >= 0.3 is 0 Å². The predicted molar refractivity (Wildman–Crippen MR) is 85.7 cm³/mol. The van der Waals surface area contributed by atoms with Crippen LogP contribution in [0, 0.1) is 3.57 Å². The number of benzene rings is 1. The molecule has 1 fully saturated rings. The maximum atomic E-state index is 3.61. The van der Waals surface area contributed by atoms with Gasteiger partial charge in [-0.05, 0) is 83.5 Å². The molecule has 4 heteroatoms. The number of rotatable bonds is 2. The largest absolute Gasteiger partial charge is 0.369 e. The van der Waals surface area contributed by atoms with Crippen molar-refractivity contribution in [1.29, 1.82) is 0 Å². The van der Waals surface area contributed by atoms with Gasteiger partial charge in [0, 0.05) is 32.4 Å². The first-order valence-corrected chi connectivity index (χ1v) is 7.88. The Morgan fingerprint density at radius 3 is 2.82 bits per heavy atom. The van der Waals surface area contributed by atoms with E-state index in [0.717, 1.165) is 6.54 Å². The van der Waals surface area contributed by atoms with E-state index in [4.69, 9.17) is 0 Å². The second-order valence-electron chi connectivity index (χ2n) is 4.65. The van der Waals surface area contributed by atoms with Gasteiger partial charge in [0.2, 0.25) is 0 Å². The summed E-state index contributed by atoms with van der Waals surface area (Å²) in [5.74, 6) is 0. The third-order valence-corrected chi connectivity index (χ3v) is 5.86. The molecule has 1 N–H and O–H groups in total. The fraction of sp³-hybridized carbons (Fsp3) is 0.538. The zero-order valence-electron chi connectivity index (χ0n) is 10.2. The van der Waals surface area contributed by atoms with E-state index in [1.165, 1.54) is 26.6 Å². The zero-order valence-corrected chi connectivity index (χ0v) is 14.0. The Bertz CT molecular complexity index is 397. The number of hydrogen-bond acceptors (Lipinski definition) is 2. The van der Waals surface area contributed by atoms with E-state index in [9.17, 15) is 0 Å². The molecule has 2 unspecified atom stereocenters. The highest BCUT2D eigenvalue weighted by Crippen LogP contribution is 2.29. The smallest absolute Gasteiger partial charge is 0.0380 e. The zero-order chi connectivity index (χ0) is 12.4. The van der Waals surface area contributed by atoms with Crippen LogP contribution >= 0.6 is 38.5 Å². The minimum absolute atomic E-state index is 0.605. The molecule has 0 amide bonds. The van der Waals surface area contributed by atoms with E-state index in [2.05, 4.69) is 80.9 Å². The van der Waals surface area contributed by atoms with Crippen LogP contribution in [-0.2, 0) is 0 Å². The quantitative estimate of drug-likeness (QED) is 0.751. The van der Waals surface area contributed by atoms with Crippen LogP contribution in [0.1, 0.15) is 19.8 Å². The van der Waals surface area contributed by atoms with Gasteiger partial charge < -0.3 is 10.2 Å². The summed E-state index contributed by atoms with van der Waals surface area (Å²) in [5, 5.41) is 3.39. The molecular formula is C13H18BrIN2. The average Bonchev–Trinajstić information content (AvgIpc) is 2.32. The van der Waals surface area contributed by atoms with Crippen molar-refractivity contribution in [2.75, 3.05) is 18.5 Å². The topological polar surface area (TPSA) is 15.3 Å². The van der Waals surface area contributed by atoms with Gasteiger partial charge in [-0.1, -0.05) is 0 Å². The molecular weight excluding hydrogens is 391 g/mol. The molecule has 2 atom stereocenters.